The lowest BCUT2D eigenvalue weighted by atomic mass is 9.91. The number of hydrogen-bond acceptors (Lipinski definition) is 1. The van der Waals surface area contributed by atoms with Gasteiger partial charge in [0.05, 0.1) is 0 Å². The SMILES string of the molecule is O=C1CC(c2ccc3ccccc3c2)c2ccccc21. The minimum Gasteiger partial charge on any atom is -0.294 e. The van der Waals surface area contributed by atoms with Gasteiger partial charge in [0, 0.05) is 17.9 Å². The van der Waals surface area contributed by atoms with Crippen LogP contribution in [0.1, 0.15) is 33.8 Å². The summed E-state index contributed by atoms with van der Waals surface area (Å²) in [6.07, 6.45) is 0.595. The van der Waals surface area contributed by atoms with E-state index < -0.39 is 0 Å². The Morgan fingerprint density at radius 1 is 0.800 bits per heavy atom. The second kappa shape index (κ2) is 4.31. The van der Waals surface area contributed by atoms with Gasteiger partial charge in [0.2, 0.25) is 0 Å². The molecule has 1 unspecified atom stereocenters. The van der Waals surface area contributed by atoms with Crippen LogP contribution in [0.2, 0.25) is 0 Å². The van der Waals surface area contributed by atoms with Crippen LogP contribution in [0, 0.1) is 0 Å². The number of rotatable bonds is 1. The van der Waals surface area contributed by atoms with E-state index in [1.54, 1.807) is 0 Å². The van der Waals surface area contributed by atoms with E-state index in [0.717, 1.165) is 5.56 Å². The van der Waals surface area contributed by atoms with E-state index in [-0.39, 0.29) is 11.7 Å². The summed E-state index contributed by atoms with van der Waals surface area (Å²) in [5.41, 5.74) is 3.31. The van der Waals surface area contributed by atoms with Gasteiger partial charge in [-0.25, -0.2) is 0 Å². The first-order valence-corrected chi connectivity index (χ1v) is 6.94. The smallest absolute Gasteiger partial charge is 0.164 e. The average Bonchev–Trinajstić information content (AvgIpc) is 2.85. The fourth-order valence-corrected chi connectivity index (χ4v) is 3.18. The zero-order valence-electron chi connectivity index (χ0n) is 11.0. The third-order valence-electron chi connectivity index (χ3n) is 4.20. The van der Waals surface area contributed by atoms with E-state index >= 15 is 0 Å². The maximum absolute atomic E-state index is 12.1. The quantitative estimate of drug-likeness (QED) is 0.625. The highest BCUT2D eigenvalue weighted by molar-refractivity contribution is 6.02. The molecule has 0 aromatic heterocycles. The van der Waals surface area contributed by atoms with Gasteiger partial charge in [0.25, 0.3) is 0 Å². The maximum Gasteiger partial charge on any atom is 0.164 e. The average molecular weight is 258 g/mol. The number of hydrogen-bond donors (Lipinski definition) is 0. The predicted octanol–water partition coefficient (Wildman–Crippen LogP) is 4.56. The molecule has 0 amide bonds. The molecule has 0 saturated heterocycles. The Bertz CT molecular complexity index is 817. The number of benzene rings is 3. The largest absolute Gasteiger partial charge is 0.294 e. The standard InChI is InChI=1S/C19H14O/c20-19-12-18(16-7-3-4-8-17(16)19)15-10-9-13-5-1-2-6-14(13)11-15/h1-11,18H,12H2. The number of ketones is 1. The molecule has 0 bridgehead atoms. The molecule has 3 aromatic rings. The van der Waals surface area contributed by atoms with Gasteiger partial charge in [0.15, 0.2) is 5.78 Å². The summed E-state index contributed by atoms with van der Waals surface area (Å²) in [7, 11) is 0. The van der Waals surface area contributed by atoms with Crippen molar-refractivity contribution in [1.29, 1.82) is 0 Å². The summed E-state index contributed by atoms with van der Waals surface area (Å²) in [6, 6.07) is 22.9. The van der Waals surface area contributed by atoms with Crippen LogP contribution in [0.5, 0.6) is 0 Å². The van der Waals surface area contributed by atoms with E-state index in [1.807, 2.05) is 18.2 Å². The van der Waals surface area contributed by atoms with Gasteiger partial charge in [-0.05, 0) is 21.9 Å². The number of fused-ring (bicyclic) bond motifs is 2. The molecule has 3 aromatic carbocycles. The topological polar surface area (TPSA) is 17.1 Å². The Hall–Kier alpha value is -2.41. The van der Waals surface area contributed by atoms with E-state index in [1.165, 1.54) is 21.9 Å². The van der Waals surface area contributed by atoms with Gasteiger partial charge in [-0.15, -0.1) is 0 Å². The van der Waals surface area contributed by atoms with Crippen LogP contribution in [0.3, 0.4) is 0 Å². The van der Waals surface area contributed by atoms with Gasteiger partial charge in [-0.3, -0.25) is 4.79 Å². The van der Waals surface area contributed by atoms with Gasteiger partial charge in [0.1, 0.15) is 0 Å². The Labute approximate surface area is 117 Å². The molecule has 0 fully saturated rings. The normalized spacial score (nSPS) is 17.4. The Balaban J connectivity index is 1.86. The molecule has 1 nitrogen and oxygen atoms in total. The summed E-state index contributed by atoms with van der Waals surface area (Å²) >= 11 is 0. The first-order chi connectivity index (χ1) is 9.83. The molecule has 1 atom stereocenters. The van der Waals surface area contributed by atoms with Crippen molar-refractivity contribution >= 4 is 16.6 Å². The highest BCUT2D eigenvalue weighted by atomic mass is 16.1. The highest BCUT2D eigenvalue weighted by Crippen LogP contribution is 2.38. The van der Waals surface area contributed by atoms with Crippen molar-refractivity contribution in [2.75, 3.05) is 0 Å². The molecule has 1 aliphatic rings. The zero-order valence-corrected chi connectivity index (χ0v) is 11.0. The van der Waals surface area contributed by atoms with Crippen molar-refractivity contribution in [1.82, 2.24) is 0 Å². The lowest BCUT2D eigenvalue weighted by molar-refractivity contribution is 0.0991. The number of Topliss-reactive ketones (excluding diaryl/α,β-unsaturated/α-hetero) is 1. The predicted molar refractivity (Wildman–Crippen MR) is 81.2 cm³/mol. The maximum atomic E-state index is 12.1. The van der Waals surface area contributed by atoms with Crippen LogP contribution >= 0.6 is 0 Å². The lowest BCUT2D eigenvalue weighted by Gasteiger charge is -2.12. The van der Waals surface area contributed by atoms with Gasteiger partial charge >= 0.3 is 0 Å². The van der Waals surface area contributed by atoms with Crippen LogP contribution in [0.25, 0.3) is 10.8 Å². The van der Waals surface area contributed by atoms with Gasteiger partial charge in [-0.1, -0.05) is 66.7 Å². The summed E-state index contributed by atoms with van der Waals surface area (Å²) in [5, 5.41) is 2.48. The van der Waals surface area contributed by atoms with Crippen molar-refractivity contribution in [3.63, 3.8) is 0 Å². The minimum atomic E-state index is 0.211. The van der Waals surface area contributed by atoms with Crippen LogP contribution in [-0.2, 0) is 0 Å². The van der Waals surface area contributed by atoms with Crippen LogP contribution in [-0.4, -0.2) is 5.78 Å². The monoisotopic (exact) mass is 258 g/mol. The molecular formula is C19H14O. The molecular weight excluding hydrogens is 244 g/mol. The van der Waals surface area contributed by atoms with Crippen molar-refractivity contribution in [2.45, 2.75) is 12.3 Å². The third-order valence-corrected chi connectivity index (χ3v) is 4.20. The van der Waals surface area contributed by atoms with E-state index in [9.17, 15) is 4.79 Å². The molecule has 1 aliphatic carbocycles. The molecule has 0 aliphatic heterocycles. The second-order valence-corrected chi connectivity index (χ2v) is 5.37. The zero-order chi connectivity index (χ0) is 13.5. The van der Waals surface area contributed by atoms with Crippen LogP contribution < -0.4 is 0 Å². The lowest BCUT2D eigenvalue weighted by Crippen LogP contribution is -1.96. The van der Waals surface area contributed by atoms with Crippen LogP contribution in [0.15, 0.2) is 66.7 Å². The van der Waals surface area contributed by atoms with Gasteiger partial charge < -0.3 is 0 Å². The minimum absolute atomic E-state index is 0.211. The number of carbonyl (C=O) groups excluding carboxylic acids is 1. The third kappa shape index (κ3) is 1.67. The van der Waals surface area contributed by atoms with Gasteiger partial charge in [-0.2, -0.15) is 0 Å². The van der Waals surface area contributed by atoms with Crippen LogP contribution in [0.4, 0.5) is 0 Å². The molecule has 0 radical (unpaired) electrons. The molecule has 20 heavy (non-hydrogen) atoms. The summed E-state index contributed by atoms with van der Waals surface area (Å²) < 4.78 is 0. The van der Waals surface area contributed by atoms with Crippen molar-refractivity contribution in [3.8, 4) is 0 Å². The van der Waals surface area contributed by atoms with Crippen molar-refractivity contribution in [2.24, 2.45) is 0 Å². The van der Waals surface area contributed by atoms with E-state index in [0.29, 0.717) is 6.42 Å². The Morgan fingerprint density at radius 2 is 1.55 bits per heavy atom. The fourth-order valence-electron chi connectivity index (χ4n) is 3.18. The fraction of sp³-hybridized carbons (Fsp3) is 0.105. The molecule has 1 heteroatoms. The summed E-state index contributed by atoms with van der Waals surface area (Å²) in [4.78, 5) is 12.1. The number of carbonyl (C=O) groups is 1. The summed E-state index contributed by atoms with van der Waals surface area (Å²) in [6.45, 7) is 0. The molecule has 96 valence electrons. The van der Waals surface area contributed by atoms with Crippen molar-refractivity contribution in [3.05, 3.63) is 83.4 Å². The molecule has 0 heterocycles. The van der Waals surface area contributed by atoms with E-state index in [2.05, 4.69) is 48.5 Å². The van der Waals surface area contributed by atoms with E-state index in [4.69, 9.17) is 0 Å². The van der Waals surface area contributed by atoms with Crippen molar-refractivity contribution < 1.29 is 4.79 Å². The molecule has 0 saturated carbocycles. The molecule has 0 N–H and O–H groups in total. The highest BCUT2D eigenvalue weighted by Gasteiger charge is 2.29. The first kappa shape index (κ1) is 11.4. The second-order valence-electron chi connectivity index (χ2n) is 5.37. The molecule has 0 spiro atoms. The summed E-state index contributed by atoms with van der Waals surface area (Å²) in [5.74, 6) is 0.474. The first-order valence-electron chi connectivity index (χ1n) is 6.94. The molecule has 4 rings (SSSR count). The Kier molecular flexibility index (Phi) is 2.46. The Morgan fingerprint density at radius 3 is 2.45 bits per heavy atom.